The van der Waals surface area contributed by atoms with Gasteiger partial charge in [0.25, 0.3) is 0 Å². The number of hydrogen-bond donors (Lipinski definition) is 0. The number of rotatable bonds is 1. The molecule has 0 N–H and O–H groups in total. The third-order valence-electron chi connectivity index (χ3n) is 1.90. The van der Waals surface area contributed by atoms with Crippen LogP contribution in [0.1, 0.15) is 37.6 Å². The van der Waals surface area contributed by atoms with E-state index in [9.17, 15) is 13.2 Å². The molecule has 0 radical (unpaired) electrons. The number of alkyl halides is 3. The molecule has 0 unspecified atom stereocenters. The maximum absolute atomic E-state index is 12.2. The number of nitrogens with zero attached hydrogens (tertiary/aromatic N) is 1. The molecule has 0 fully saturated rings. The van der Waals surface area contributed by atoms with Crippen LogP contribution in [0.15, 0.2) is 12.3 Å². The van der Waals surface area contributed by atoms with E-state index >= 15 is 0 Å². The molecule has 1 nitrogen and oxygen atoms in total. The lowest BCUT2D eigenvalue weighted by Crippen LogP contribution is -2.07. The fraction of sp³-hybridized carbons (Fsp3) is 0.545. The van der Waals surface area contributed by atoms with E-state index in [1.54, 1.807) is 6.92 Å². The van der Waals surface area contributed by atoms with Crippen LogP contribution in [0.3, 0.4) is 0 Å². The summed E-state index contributed by atoms with van der Waals surface area (Å²) in [5.74, 6) is 0. The Morgan fingerprint density at radius 3 is 2.20 bits per heavy atom. The highest BCUT2D eigenvalue weighted by Gasteiger charge is 2.31. The minimum absolute atomic E-state index is 0.572. The Morgan fingerprint density at radius 1 is 1.27 bits per heavy atom. The smallest absolute Gasteiger partial charge is 0.261 e. The zero-order valence-corrected chi connectivity index (χ0v) is 9.44. The van der Waals surface area contributed by atoms with Crippen LogP contribution >= 0.6 is 0 Å². The molecule has 0 aliphatic carbocycles. The van der Waals surface area contributed by atoms with Crippen molar-refractivity contribution in [3.63, 3.8) is 0 Å². The van der Waals surface area contributed by atoms with Gasteiger partial charge in [-0.3, -0.25) is 4.98 Å². The van der Waals surface area contributed by atoms with Crippen molar-refractivity contribution in [2.75, 3.05) is 0 Å². The van der Waals surface area contributed by atoms with Crippen LogP contribution < -0.4 is 0 Å². The van der Waals surface area contributed by atoms with Crippen molar-refractivity contribution >= 4 is 0 Å². The first kappa shape index (κ1) is 13.9. The average molecular weight is 219 g/mol. The summed E-state index contributed by atoms with van der Waals surface area (Å²) in [4.78, 5) is 3.70. The van der Waals surface area contributed by atoms with Gasteiger partial charge in [-0.25, -0.2) is 0 Å². The quantitative estimate of drug-likeness (QED) is 0.695. The Morgan fingerprint density at radius 2 is 1.80 bits per heavy atom. The minimum atomic E-state index is -4.29. The van der Waals surface area contributed by atoms with Crippen molar-refractivity contribution in [3.8, 4) is 0 Å². The van der Waals surface area contributed by atoms with E-state index < -0.39 is 11.7 Å². The Hall–Kier alpha value is -1.06. The lowest BCUT2D eigenvalue weighted by Gasteiger charge is -2.08. The van der Waals surface area contributed by atoms with Gasteiger partial charge in [-0.05, 0) is 25.0 Å². The highest BCUT2D eigenvalue weighted by molar-refractivity contribution is 5.26. The van der Waals surface area contributed by atoms with Gasteiger partial charge in [0.2, 0.25) is 0 Å². The van der Waals surface area contributed by atoms with Crippen molar-refractivity contribution in [3.05, 3.63) is 29.1 Å². The molecule has 0 aliphatic rings. The fourth-order valence-corrected chi connectivity index (χ4v) is 1.09. The van der Waals surface area contributed by atoms with Gasteiger partial charge in [-0.1, -0.05) is 20.8 Å². The predicted octanol–water partition coefficient (Wildman–Crippen LogP) is 4.00. The summed E-state index contributed by atoms with van der Waals surface area (Å²) >= 11 is 0. The largest absolute Gasteiger partial charge is 0.417 e. The summed E-state index contributed by atoms with van der Waals surface area (Å²) in [6, 6.07) is 1.16. The van der Waals surface area contributed by atoms with E-state index in [-0.39, 0.29) is 0 Å². The van der Waals surface area contributed by atoms with Gasteiger partial charge in [0.05, 0.1) is 5.56 Å². The molecule has 4 heteroatoms. The van der Waals surface area contributed by atoms with Gasteiger partial charge in [-0.15, -0.1) is 0 Å². The Kier molecular flexibility index (Phi) is 5.33. The van der Waals surface area contributed by atoms with Gasteiger partial charge in [0.1, 0.15) is 0 Å². The van der Waals surface area contributed by atoms with Crippen LogP contribution in [0.2, 0.25) is 0 Å². The zero-order chi connectivity index (χ0) is 12.1. The topological polar surface area (TPSA) is 12.9 Å². The van der Waals surface area contributed by atoms with Crippen LogP contribution in [-0.4, -0.2) is 4.98 Å². The van der Waals surface area contributed by atoms with Crippen LogP contribution in [0.4, 0.5) is 13.2 Å². The second-order valence-electron chi connectivity index (χ2n) is 2.82. The molecule has 1 rings (SSSR count). The van der Waals surface area contributed by atoms with E-state index in [1.165, 1.54) is 0 Å². The van der Waals surface area contributed by atoms with E-state index in [0.717, 1.165) is 12.3 Å². The molecule has 1 aromatic rings. The van der Waals surface area contributed by atoms with Crippen LogP contribution in [0.25, 0.3) is 0 Å². The zero-order valence-electron chi connectivity index (χ0n) is 9.44. The lowest BCUT2D eigenvalue weighted by atomic mass is 10.1. The standard InChI is InChI=1S/C9H10F3N.C2H6/c1-3-7-4-8(9(10,11)12)5-13-6(7)2;1-2/h4-5H,3H2,1-2H3;1-2H3. The molecule has 15 heavy (non-hydrogen) atoms. The molecule has 1 aromatic heterocycles. The first-order valence-electron chi connectivity index (χ1n) is 4.98. The summed E-state index contributed by atoms with van der Waals surface area (Å²) in [5, 5.41) is 0. The molecule has 0 amide bonds. The van der Waals surface area contributed by atoms with E-state index in [0.29, 0.717) is 17.7 Å². The third kappa shape index (κ3) is 3.90. The number of hydrogen-bond acceptors (Lipinski definition) is 1. The van der Waals surface area contributed by atoms with E-state index in [2.05, 4.69) is 4.98 Å². The second-order valence-corrected chi connectivity index (χ2v) is 2.82. The third-order valence-corrected chi connectivity index (χ3v) is 1.90. The average Bonchev–Trinajstić information content (AvgIpc) is 2.20. The number of aromatic nitrogens is 1. The monoisotopic (exact) mass is 219 g/mol. The first-order chi connectivity index (χ1) is 6.95. The molecule has 86 valence electrons. The number of halogens is 3. The molecule has 0 aliphatic heterocycles. The summed E-state index contributed by atoms with van der Waals surface area (Å²) in [5.41, 5.74) is 0.639. The van der Waals surface area contributed by atoms with Crippen molar-refractivity contribution in [2.24, 2.45) is 0 Å². The molecule has 0 bridgehead atoms. The molecule has 0 aromatic carbocycles. The molecule has 0 spiro atoms. The molecular weight excluding hydrogens is 203 g/mol. The van der Waals surface area contributed by atoms with Crippen molar-refractivity contribution < 1.29 is 13.2 Å². The van der Waals surface area contributed by atoms with Gasteiger partial charge >= 0.3 is 6.18 Å². The SMILES string of the molecule is CC.CCc1cc(C(F)(F)F)cnc1C. The molecule has 0 saturated heterocycles. The van der Waals surface area contributed by atoms with Crippen LogP contribution in [0.5, 0.6) is 0 Å². The summed E-state index contributed by atoms with van der Waals surface area (Å²) in [6.45, 7) is 7.52. The lowest BCUT2D eigenvalue weighted by molar-refractivity contribution is -0.137. The summed E-state index contributed by atoms with van der Waals surface area (Å²) < 4.78 is 36.6. The Bertz CT molecular complexity index is 305. The van der Waals surface area contributed by atoms with Gasteiger partial charge in [0, 0.05) is 11.9 Å². The Labute approximate surface area is 88.3 Å². The highest BCUT2D eigenvalue weighted by atomic mass is 19.4. The van der Waals surface area contributed by atoms with Crippen LogP contribution in [0, 0.1) is 6.92 Å². The van der Waals surface area contributed by atoms with Crippen molar-refractivity contribution in [2.45, 2.75) is 40.3 Å². The first-order valence-corrected chi connectivity index (χ1v) is 4.98. The number of pyridine rings is 1. The second kappa shape index (κ2) is 5.73. The number of aryl methyl sites for hydroxylation is 2. The van der Waals surface area contributed by atoms with E-state index in [4.69, 9.17) is 0 Å². The molecule has 0 saturated carbocycles. The summed E-state index contributed by atoms with van der Waals surface area (Å²) in [7, 11) is 0. The van der Waals surface area contributed by atoms with E-state index in [1.807, 2.05) is 20.8 Å². The Balaban J connectivity index is 0.000000921. The van der Waals surface area contributed by atoms with Gasteiger partial charge in [-0.2, -0.15) is 13.2 Å². The maximum atomic E-state index is 12.2. The molecule has 0 atom stereocenters. The summed E-state index contributed by atoms with van der Waals surface area (Å²) in [6.07, 6.45) is -2.85. The predicted molar refractivity (Wildman–Crippen MR) is 54.7 cm³/mol. The van der Waals surface area contributed by atoms with Gasteiger partial charge in [0.15, 0.2) is 0 Å². The van der Waals surface area contributed by atoms with Gasteiger partial charge < -0.3 is 0 Å². The van der Waals surface area contributed by atoms with Crippen LogP contribution in [-0.2, 0) is 12.6 Å². The fourth-order valence-electron chi connectivity index (χ4n) is 1.09. The maximum Gasteiger partial charge on any atom is 0.417 e. The highest BCUT2D eigenvalue weighted by Crippen LogP contribution is 2.29. The molecule has 1 heterocycles. The normalized spacial score (nSPS) is 10.6. The molecular formula is C11H16F3N. The van der Waals surface area contributed by atoms with Crippen molar-refractivity contribution in [1.82, 2.24) is 4.98 Å². The van der Waals surface area contributed by atoms with Crippen molar-refractivity contribution in [1.29, 1.82) is 0 Å². The minimum Gasteiger partial charge on any atom is -0.261 e.